The Morgan fingerprint density at radius 3 is 1.60 bits per heavy atom. The molecule has 0 radical (unpaired) electrons. The molecule has 176 valence electrons. The first-order valence-electron chi connectivity index (χ1n) is 11.5. The zero-order valence-electron chi connectivity index (χ0n) is 19.2. The van der Waals surface area contributed by atoms with Crippen molar-refractivity contribution in [1.29, 1.82) is 0 Å². The van der Waals surface area contributed by atoms with E-state index in [1.165, 1.54) is 19.3 Å². The standard InChI is InChI=1S/C23H42O7/c1-4-6-8-10-12-14-16-29-21(25)19-23(27,18-20(24)28-3)22(26)30-17-15-13-11-9-7-5-2/h27H,4-19H2,1-3H3. The summed E-state index contributed by atoms with van der Waals surface area (Å²) < 4.78 is 14.8. The Morgan fingerprint density at radius 1 is 0.667 bits per heavy atom. The van der Waals surface area contributed by atoms with Crippen molar-refractivity contribution in [3.8, 4) is 0 Å². The first-order valence-corrected chi connectivity index (χ1v) is 11.5. The monoisotopic (exact) mass is 430 g/mol. The number of esters is 3. The summed E-state index contributed by atoms with van der Waals surface area (Å²) in [5.74, 6) is -2.51. The third kappa shape index (κ3) is 14.4. The summed E-state index contributed by atoms with van der Waals surface area (Å²) in [7, 11) is 1.15. The second-order valence-corrected chi connectivity index (χ2v) is 7.85. The van der Waals surface area contributed by atoms with Crippen molar-refractivity contribution in [3.63, 3.8) is 0 Å². The Hall–Kier alpha value is -1.63. The molecule has 7 heteroatoms. The van der Waals surface area contributed by atoms with Crippen LogP contribution in [0.15, 0.2) is 0 Å². The van der Waals surface area contributed by atoms with E-state index < -0.39 is 36.4 Å². The van der Waals surface area contributed by atoms with Gasteiger partial charge in [0.1, 0.15) is 0 Å². The lowest BCUT2D eigenvalue weighted by atomic mass is 9.95. The highest BCUT2D eigenvalue weighted by Crippen LogP contribution is 2.20. The number of carbonyl (C=O) groups is 3. The molecule has 1 N–H and O–H groups in total. The van der Waals surface area contributed by atoms with Crippen LogP contribution in [0, 0.1) is 0 Å². The van der Waals surface area contributed by atoms with Gasteiger partial charge in [-0.1, -0.05) is 78.1 Å². The van der Waals surface area contributed by atoms with Crippen molar-refractivity contribution in [2.24, 2.45) is 0 Å². The van der Waals surface area contributed by atoms with E-state index in [4.69, 9.17) is 9.47 Å². The second-order valence-electron chi connectivity index (χ2n) is 7.85. The lowest BCUT2D eigenvalue weighted by Crippen LogP contribution is -2.44. The van der Waals surface area contributed by atoms with Gasteiger partial charge in [-0.15, -0.1) is 0 Å². The lowest BCUT2D eigenvalue weighted by molar-refractivity contribution is -0.177. The number of rotatable bonds is 19. The predicted molar refractivity (Wildman–Crippen MR) is 115 cm³/mol. The summed E-state index contributed by atoms with van der Waals surface area (Å²) in [5.41, 5.74) is -2.27. The van der Waals surface area contributed by atoms with Gasteiger partial charge in [-0.05, 0) is 12.8 Å². The maximum absolute atomic E-state index is 12.4. The van der Waals surface area contributed by atoms with Crippen molar-refractivity contribution in [2.75, 3.05) is 20.3 Å². The van der Waals surface area contributed by atoms with Crippen molar-refractivity contribution < 1.29 is 33.7 Å². The Labute approximate surface area is 181 Å². The first kappa shape index (κ1) is 28.4. The van der Waals surface area contributed by atoms with Gasteiger partial charge in [0.25, 0.3) is 0 Å². The molecule has 1 atom stereocenters. The molecule has 0 aromatic carbocycles. The molecule has 7 nitrogen and oxygen atoms in total. The second kappa shape index (κ2) is 18.2. The fourth-order valence-corrected chi connectivity index (χ4v) is 3.06. The van der Waals surface area contributed by atoms with Gasteiger partial charge in [0, 0.05) is 0 Å². The minimum absolute atomic E-state index is 0.140. The van der Waals surface area contributed by atoms with Gasteiger partial charge >= 0.3 is 17.9 Å². The van der Waals surface area contributed by atoms with Gasteiger partial charge < -0.3 is 19.3 Å². The Balaban J connectivity index is 4.41. The lowest BCUT2D eigenvalue weighted by Gasteiger charge is -2.24. The van der Waals surface area contributed by atoms with Gasteiger partial charge in [-0.2, -0.15) is 0 Å². The third-order valence-corrected chi connectivity index (χ3v) is 4.97. The SMILES string of the molecule is CCCCCCCCOC(=O)CC(O)(CC(=O)OC)C(=O)OCCCCCCCC. The summed E-state index contributed by atoms with van der Waals surface area (Å²) in [6.07, 6.45) is 11.1. The molecule has 0 aliphatic rings. The maximum Gasteiger partial charge on any atom is 0.339 e. The van der Waals surface area contributed by atoms with E-state index in [1.807, 2.05) is 0 Å². The highest BCUT2D eigenvalue weighted by Gasteiger charge is 2.43. The molecule has 0 spiro atoms. The predicted octanol–water partition coefficient (Wildman–Crippen LogP) is 4.48. The maximum atomic E-state index is 12.4. The molecule has 0 aromatic heterocycles. The average molecular weight is 431 g/mol. The van der Waals surface area contributed by atoms with Crippen LogP contribution >= 0.6 is 0 Å². The van der Waals surface area contributed by atoms with Gasteiger partial charge in [-0.3, -0.25) is 9.59 Å². The zero-order valence-corrected chi connectivity index (χ0v) is 19.2. The molecular formula is C23H42O7. The fraction of sp³-hybridized carbons (Fsp3) is 0.870. The van der Waals surface area contributed by atoms with Crippen molar-refractivity contribution in [3.05, 3.63) is 0 Å². The molecule has 0 saturated heterocycles. The van der Waals surface area contributed by atoms with Crippen molar-refractivity contribution >= 4 is 17.9 Å². The van der Waals surface area contributed by atoms with E-state index >= 15 is 0 Å². The smallest absolute Gasteiger partial charge is 0.339 e. The van der Waals surface area contributed by atoms with Crippen molar-refractivity contribution in [2.45, 2.75) is 109 Å². The average Bonchev–Trinajstić information content (AvgIpc) is 2.72. The third-order valence-electron chi connectivity index (χ3n) is 4.97. The Kier molecular flexibility index (Phi) is 17.2. The quantitative estimate of drug-likeness (QED) is 0.183. The molecule has 30 heavy (non-hydrogen) atoms. The molecule has 0 aliphatic carbocycles. The van der Waals surface area contributed by atoms with E-state index in [0.717, 1.165) is 58.5 Å². The van der Waals surface area contributed by atoms with Crippen LogP contribution < -0.4 is 0 Å². The number of ether oxygens (including phenoxy) is 3. The number of unbranched alkanes of at least 4 members (excludes halogenated alkanes) is 10. The van der Waals surface area contributed by atoms with Crippen LogP contribution in [0.5, 0.6) is 0 Å². The van der Waals surface area contributed by atoms with Crippen LogP contribution in [0.25, 0.3) is 0 Å². The van der Waals surface area contributed by atoms with Crippen LogP contribution in [0.2, 0.25) is 0 Å². The highest BCUT2D eigenvalue weighted by atomic mass is 16.6. The molecule has 0 rings (SSSR count). The summed E-state index contributed by atoms with van der Waals surface area (Å²) in [6, 6.07) is 0. The van der Waals surface area contributed by atoms with Crippen LogP contribution in [0.3, 0.4) is 0 Å². The summed E-state index contributed by atoms with van der Waals surface area (Å²) in [5, 5.41) is 10.6. The number of aliphatic hydroxyl groups is 1. The Bertz CT molecular complexity index is 478. The molecule has 0 bridgehead atoms. The Morgan fingerprint density at radius 2 is 1.10 bits per heavy atom. The number of carbonyl (C=O) groups excluding carboxylic acids is 3. The topological polar surface area (TPSA) is 99.1 Å². The van der Waals surface area contributed by atoms with Crippen LogP contribution in [0.4, 0.5) is 0 Å². The van der Waals surface area contributed by atoms with Crippen molar-refractivity contribution in [1.82, 2.24) is 0 Å². The van der Waals surface area contributed by atoms with E-state index in [1.54, 1.807) is 0 Å². The molecule has 1 unspecified atom stereocenters. The molecule has 0 heterocycles. The number of hydrogen-bond donors (Lipinski definition) is 1. The van der Waals surface area contributed by atoms with Gasteiger partial charge in [0.15, 0.2) is 5.60 Å². The first-order chi connectivity index (χ1) is 14.4. The minimum Gasteiger partial charge on any atom is -0.469 e. The largest absolute Gasteiger partial charge is 0.469 e. The van der Waals surface area contributed by atoms with Gasteiger partial charge in [0.05, 0.1) is 33.2 Å². The van der Waals surface area contributed by atoms with Crippen LogP contribution in [0.1, 0.15) is 104 Å². The van der Waals surface area contributed by atoms with E-state index in [0.29, 0.717) is 6.42 Å². The number of methoxy groups -OCH3 is 1. The minimum atomic E-state index is -2.27. The van der Waals surface area contributed by atoms with Crippen LogP contribution in [-0.2, 0) is 28.6 Å². The molecule has 0 saturated carbocycles. The van der Waals surface area contributed by atoms with Gasteiger partial charge in [-0.25, -0.2) is 4.79 Å². The van der Waals surface area contributed by atoms with Crippen LogP contribution in [-0.4, -0.2) is 48.9 Å². The van der Waals surface area contributed by atoms with E-state index in [-0.39, 0.29) is 13.2 Å². The number of hydrogen-bond acceptors (Lipinski definition) is 7. The molecule has 0 amide bonds. The normalized spacial score (nSPS) is 12.8. The summed E-state index contributed by atoms with van der Waals surface area (Å²) in [6.45, 7) is 4.66. The molecular weight excluding hydrogens is 388 g/mol. The zero-order chi connectivity index (χ0) is 22.7. The van der Waals surface area contributed by atoms with E-state index in [9.17, 15) is 19.5 Å². The fourth-order valence-electron chi connectivity index (χ4n) is 3.06. The summed E-state index contributed by atoms with van der Waals surface area (Å²) >= 11 is 0. The molecule has 0 aromatic rings. The van der Waals surface area contributed by atoms with E-state index in [2.05, 4.69) is 18.6 Å². The molecule has 0 fully saturated rings. The summed E-state index contributed by atoms with van der Waals surface area (Å²) in [4.78, 5) is 36.1. The van der Waals surface area contributed by atoms with Gasteiger partial charge in [0.2, 0.25) is 0 Å². The highest BCUT2D eigenvalue weighted by molar-refractivity contribution is 5.90. The molecule has 0 aliphatic heterocycles.